The molecule has 1 aromatic rings. The van der Waals surface area contributed by atoms with Gasteiger partial charge in [0.1, 0.15) is 0 Å². The van der Waals surface area contributed by atoms with E-state index in [-0.39, 0.29) is 12.5 Å². The van der Waals surface area contributed by atoms with Crippen LogP contribution in [0.15, 0.2) is 18.2 Å². The SMILES string of the molecule is CN(CCCCCO)C(=O)c1ccc(N(C)C)c(N)c1. The molecular formula is C15H25N3O2. The fourth-order valence-corrected chi connectivity index (χ4v) is 2.05. The molecule has 1 rings (SSSR count). The minimum atomic E-state index is -0.0222. The van der Waals surface area contributed by atoms with Crippen LogP contribution in [0.5, 0.6) is 0 Å². The van der Waals surface area contributed by atoms with Gasteiger partial charge in [0.15, 0.2) is 0 Å². The molecule has 1 amide bonds. The van der Waals surface area contributed by atoms with Crippen LogP contribution in [0.1, 0.15) is 29.6 Å². The van der Waals surface area contributed by atoms with E-state index in [1.54, 1.807) is 24.1 Å². The van der Waals surface area contributed by atoms with Gasteiger partial charge in [-0.15, -0.1) is 0 Å². The van der Waals surface area contributed by atoms with E-state index in [2.05, 4.69) is 0 Å². The summed E-state index contributed by atoms with van der Waals surface area (Å²) in [6.07, 6.45) is 2.61. The predicted octanol–water partition coefficient (Wildman–Crippen LogP) is 1.57. The summed E-state index contributed by atoms with van der Waals surface area (Å²) in [5.41, 5.74) is 8.08. The largest absolute Gasteiger partial charge is 0.397 e. The molecule has 0 aliphatic heterocycles. The molecule has 0 saturated carbocycles. The van der Waals surface area contributed by atoms with E-state index in [1.165, 1.54) is 0 Å². The molecule has 0 fully saturated rings. The first-order valence-electron chi connectivity index (χ1n) is 6.90. The fraction of sp³-hybridized carbons (Fsp3) is 0.533. The average Bonchev–Trinajstić information content (AvgIpc) is 2.42. The Kier molecular flexibility index (Phi) is 6.31. The van der Waals surface area contributed by atoms with Gasteiger partial charge in [0.05, 0.1) is 11.4 Å². The highest BCUT2D eigenvalue weighted by Gasteiger charge is 2.13. The number of rotatable bonds is 7. The summed E-state index contributed by atoms with van der Waals surface area (Å²) in [5, 5.41) is 8.72. The molecular weight excluding hydrogens is 254 g/mol. The molecule has 5 nitrogen and oxygen atoms in total. The maximum absolute atomic E-state index is 12.2. The van der Waals surface area contributed by atoms with Crippen molar-refractivity contribution in [3.05, 3.63) is 23.8 Å². The highest BCUT2D eigenvalue weighted by Crippen LogP contribution is 2.22. The Morgan fingerprint density at radius 1 is 1.20 bits per heavy atom. The Hall–Kier alpha value is -1.75. The van der Waals surface area contributed by atoms with Crippen LogP contribution in [-0.4, -0.2) is 50.2 Å². The number of benzene rings is 1. The van der Waals surface area contributed by atoms with Gasteiger partial charge in [-0.1, -0.05) is 0 Å². The topological polar surface area (TPSA) is 69.8 Å². The van der Waals surface area contributed by atoms with Gasteiger partial charge < -0.3 is 20.6 Å². The number of anilines is 2. The van der Waals surface area contributed by atoms with Crippen molar-refractivity contribution in [1.29, 1.82) is 0 Å². The predicted molar refractivity (Wildman–Crippen MR) is 83.1 cm³/mol. The van der Waals surface area contributed by atoms with Crippen molar-refractivity contribution < 1.29 is 9.90 Å². The molecule has 0 aliphatic rings. The number of carbonyl (C=O) groups excluding carboxylic acids is 1. The van der Waals surface area contributed by atoms with E-state index in [4.69, 9.17) is 10.8 Å². The number of nitrogens with two attached hydrogens (primary N) is 1. The molecule has 0 bridgehead atoms. The van der Waals surface area contributed by atoms with Gasteiger partial charge in [-0.25, -0.2) is 0 Å². The zero-order valence-corrected chi connectivity index (χ0v) is 12.6. The number of aliphatic hydroxyl groups excluding tert-OH is 1. The Bertz CT molecular complexity index is 447. The number of nitrogen functional groups attached to an aromatic ring is 1. The first kappa shape index (κ1) is 16.3. The third kappa shape index (κ3) is 4.42. The molecule has 0 spiro atoms. The number of hydrogen-bond donors (Lipinski definition) is 2. The molecule has 0 atom stereocenters. The molecule has 5 heteroatoms. The summed E-state index contributed by atoms with van der Waals surface area (Å²) in [7, 11) is 5.62. The lowest BCUT2D eigenvalue weighted by Crippen LogP contribution is -2.28. The average molecular weight is 279 g/mol. The fourth-order valence-electron chi connectivity index (χ4n) is 2.05. The van der Waals surface area contributed by atoms with Crippen molar-refractivity contribution >= 4 is 17.3 Å². The van der Waals surface area contributed by atoms with Gasteiger partial charge in [-0.05, 0) is 37.5 Å². The van der Waals surface area contributed by atoms with Crippen LogP contribution in [0.3, 0.4) is 0 Å². The van der Waals surface area contributed by atoms with Crippen LogP contribution >= 0.6 is 0 Å². The monoisotopic (exact) mass is 279 g/mol. The molecule has 1 aromatic carbocycles. The Morgan fingerprint density at radius 2 is 1.90 bits per heavy atom. The smallest absolute Gasteiger partial charge is 0.253 e. The minimum absolute atomic E-state index is 0.0222. The standard InChI is InChI=1S/C15H25N3O2/c1-17(2)14-8-7-12(11-13(14)16)15(20)18(3)9-5-4-6-10-19/h7-8,11,19H,4-6,9-10,16H2,1-3H3. The molecule has 3 N–H and O–H groups in total. The lowest BCUT2D eigenvalue weighted by molar-refractivity contribution is 0.0792. The number of unbranched alkanes of at least 4 members (excludes halogenated alkanes) is 2. The van der Waals surface area contributed by atoms with Crippen LogP contribution < -0.4 is 10.6 Å². The summed E-state index contributed by atoms with van der Waals surface area (Å²) in [5.74, 6) is -0.0222. The van der Waals surface area contributed by atoms with Crippen LogP contribution in [0.2, 0.25) is 0 Å². The van der Waals surface area contributed by atoms with E-state index < -0.39 is 0 Å². The Balaban J connectivity index is 2.65. The van der Waals surface area contributed by atoms with Gasteiger partial charge in [0.2, 0.25) is 0 Å². The van der Waals surface area contributed by atoms with E-state index in [9.17, 15) is 4.79 Å². The summed E-state index contributed by atoms with van der Waals surface area (Å²) in [6, 6.07) is 5.39. The van der Waals surface area contributed by atoms with E-state index in [1.807, 2.05) is 25.1 Å². The molecule has 0 aliphatic carbocycles. The van der Waals surface area contributed by atoms with E-state index in [0.29, 0.717) is 17.8 Å². The van der Waals surface area contributed by atoms with E-state index >= 15 is 0 Å². The van der Waals surface area contributed by atoms with Gasteiger partial charge in [-0.2, -0.15) is 0 Å². The summed E-state index contributed by atoms with van der Waals surface area (Å²) < 4.78 is 0. The number of aliphatic hydroxyl groups is 1. The number of hydrogen-bond acceptors (Lipinski definition) is 4. The lowest BCUT2D eigenvalue weighted by Gasteiger charge is -2.19. The quantitative estimate of drug-likeness (QED) is 0.587. The Labute approximate surface area is 121 Å². The highest BCUT2D eigenvalue weighted by molar-refractivity contribution is 5.96. The number of carbonyl (C=O) groups is 1. The second kappa shape index (κ2) is 7.75. The Morgan fingerprint density at radius 3 is 2.45 bits per heavy atom. The second-order valence-electron chi connectivity index (χ2n) is 5.18. The maximum atomic E-state index is 12.2. The van der Waals surface area contributed by atoms with Gasteiger partial charge >= 0.3 is 0 Å². The third-order valence-corrected chi connectivity index (χ3v) is 3.25. The zero-order chi connectivity index (χ0) is 15.1. The molecule has 0 aromatic heterocycles. The highest BCUT2D eigenvalue weighted by atomic mass is 16.2. The van der Waals surface area contributed by atoms with Crippen molar-refractivity contribution in [3.8, 4) is 0 Å². The molecule has 0 heterocycles. The van der Waals surface area contributed by atoms with Crippen molar-refractivity contribution in [2.75, 3.05) is 44.9 Å². The maximum Gasteiger partial charge on any atom is 0.253 e. The normalized spacial score (nSPS) is 10.4. The molecule has 0 saturated heterocycles. The third-order valence-electron chi connectivity index (χ3n) is 3.25. The zero-order valence-electron chi connectivity index (χ0n) is 12.6. The van der Waals surface area contributed by atoms with Crippen molar-refractivity contribution in [3.63, 3.8) is 0 Å². The summed E-state index contributed by atoms with van der Waals surface area (Å²) in [6.45, 7) is 0.897. The molecule has 112 valence electrons. The first-order chi connectivity index (χ1) is 9.47. The molecule has 0 unspecified atom stereocenters. The summed E-state index contributed by atoms with van der Waals surface area (Å²) in [4.78, 5) is 15.9. The van der Waals surface area contributed by atoms with Gasteiger partial charge in [0, 0.05) is 39.9 Å². The number of nitrogens with zero attached hydrogens (tertiary/aromatic N) is 2. The second-order valence-corrected chi connectivity index (χ2v) is 5.18. The molecule has 0 radical (unpaired) electrons. The lowest BCUT2D eigenvalue weighted by atomic mass is 10.1. The first-order valence-corrected chi connectivity index (χ1v) is 6.90. The van der Waals surface area contributed by atoms with Crippen LogP contribution in [0, 0.1) is 0 Å². The van der Waals surface area contributed by atoms with Crippen LogP contribution in [0.25, 0.3) is 0 Å². The van der Waals surface area contributed by atoms with Crippen molar-refractivity contribution in [2.45, 2.75) is 19.3 Å². The van der Waals surface area contributed by atoms with Gasteiger partial charge in [0.25, 0.3) is 5.91 Å². The minimum Gasteiger partial charge on any atom is -0.397 e. The number of amides is 1. The molecule has 20 heavy (non-hydrogen) atoms. The summed E-state index contributed by atoms with van der Waals surface area (Å²) >= 11 is 0. The van der Waals surface area contributed by atoms with Crippen molar-refractivity contribution in [1.82, 2.24) is 4.90 Å². The van der Waals surface area contributed by atoms with Gasteiger partial charge in [-0.3, -0.25) is 4.79 Å². The van der Waals surface area contributed by atoms with Crippen LogP contribution in [0.4, 0.5) is 11.4 Å². The van der Waals surface area contributed by atoms with Crippen molar-refractivity contribution in [2.24, 2.45) is 0 Å². The van der Waals surface area contributed by atoms with Crippen LogP contribution in [-0.2, 0) is 0 Å². The van der Waals surface area contributed by atoms with E-state index in [0.717, 1.165) is 24.9 Å².